The molecule has 0 fully saturated rings. The van der Waals surface area contributed by atoms with Crippen LogP contribution in [0, 0.1) is 0 Å². The fourth-order valence-electron chi connectivity index (χ4n) is 1.77. The van der Waals surface area contributed by atoms with E-state index in [0.717, 1.165) is 5.56 Å². The van der Waals surface area contributed by atoms with Crippen LogP contribution in [0.3, 0.4) is 0 Å². The Bertz CT molecular complexity index is 578. The maximum atomic E-state index is 12.0. The quantitative estimate of drug-likeness (QED) is 0.275. The Morgan fingerprint density at radius 2 is 1.80 bits per heavy atom. The van der Waals surface area contributed by atoms with Crippen molar-refractivity contribution in [1.29, 1.82) is 0 Å². The van der Waals surface area contributed by atoms with E-state index in [1.807, 2.05) is 13.8 Å². The van der Waals surface area contributed by atoms with Gasteiger partial charge >= 0.3 is 6.03 Å². The van der Waals surface area contributed by atoms with Crippen LogP contribution in [0.1, 0.15) is 29.8 Å². The van der Waals surface area contributed by atoms with Gasteiger partial charge in [-0.25, -0.2) is 4.79 Å². The van der Waals surface area contributed by atoms with Crippen LogP contribution in [0.25, 0.3) is 0 Å². The molecule has 0 bridgehead atoms. The summed E-state index contributed by atoms with van der Waals surface area (Å²) in [6, 6.07) is 6.76. The predicted molar refractivity (Wildman–Crippen MR) is 100 cm³/mol. The van der Waals surface area contributed by atoms with E-state index in [1.165, 1.54) is 0 Å². The van der Waals surface area contributed by atoms with E-state index in [-0.39, 0.29) is 18.0 Å². The Kier molecular flexibility index (Phi) is 9.26. The molecule has 0 saturated carbocycles. The van der Waals surface area contributed by atoms with Crippen LogP contribution in [0.4, 0.5) is 4.79 Å². The first-order valence-corrected chi connectivity index (χ1v) is 8.29. The number of carbonyl (C=O) groups is 2. The zero-order chi connectivity index (χ0) is 18.7. The Balaban J connectivity index is 2.38. The number of benzene rings is 1. The first-order chi connectivity index (χ1) is 11.9. The summed E-state index contributed by atoms with van der Waals surface area (Å²) in [4.78, 5) is 23.5. The third-order valence-electron chi connectivity index (χ3n) is 2.97. The van der Waals surface area contributed by atoms with Gasteiger partial charge in [0.15, 0.2) is 5.11 Å². The average molecular weight is 367 g/mol. The van der Waals surface area contributed by atoms with Crippen LogP contribution in [-0.4, -0.2) is 43.4 Å². The predicted octanol–water partition coefficient (Wildman–Crippen LogP) is 0.650. The van der Waals surface area contributed by atoms with Crippen molar-refractivity contribution in [3.8, 4) is 0 Å². The van der Waals surface area contributed by atoms with Crippen LogP contribution in [-0.2, 0) is 11.3 Å². The van der Waals surface area contributed by atoms with Crippen LogP contribution >= 0.6 is 12.2 Å². The van der Waals surface area contributed by atoms with Crippen LogP contribution < -0.4 is 26.8 Å². The number of hydrogen-bond donors (Lipinski definition) is 5. The van der Waals surface area contributed by atoms with Gasteiger partial charge in [-0.15, -0.1) is 0 Å². The van der Waals surface area contributed by atoms with E-state index >= 15 is 0 Å². The summed E-state index contributed by atoms with van der Waals surface area (Å²) < 4.78 is 4.88. The first kappa shape index (κ1) is 20.7. The number of nitrogens with one attached hydrogen (secondary N) is 5. The third kappa shape index (κ3) is 8.87. The second-order valence-electron chi connectivity index (χ2n) is 5.51. The standard InChI is InChI=1S/C16H25N5O3S/c1-11(2)19-15(23)18-10-12-4-6-13(7-5-12)14(22)20-21-16(25)17-8-9-24-3/h4-7,11H,8-10H2,1-3H3,(H,20,22)(H2,17,21,25)(H2,18,19,23). The SMILES string of the molecule is COCCNC(=S)NNC(=O)c1ccc(CNC(=O)NC(C)C)cc1. The van der Waals surface area contributed by atoms with Crippen molar-refractivity contribution in [1.82, 2.24) is 26.8 Å². The molecule has 1 rings (SSSR count). The summed E-state index contributed by atoms with van der Waals surface area (Å²) in [6.45, 7) is 5.22. The van der Waals surface area contributed by atoms with Gasteiger partial charge in [0.25, 0.3) is 5.91 Å². The molecular formula is C16H25N5O3S. The Morgan fingerprint density at radius 1 is 1.12 bits per heavy atom. The van der Waals surface area contributed by atoms with Crippen molar-refractivity contribution in [3.63, 3.8) is 0 Å². The molecule has 0 unspecified atom stereocenters. The highest BCUT2D eigenvalue weighted by atomic mass is 32.1. The number of ether oxygens (including phenoxy) is 1. The molecular weight excluding hydrogens is 342 g/mol. The fraction of sp³-hybridized carbons (Fsp3) is 0.438. The smallest absolute Gasteiger partial charge is 0.315 e. The van der Waals surface area contributed by atoms with E-state index in [4.69, 9.17) is 17.0 Å². The summed E-state index contributed by atoms with van der Waals surface area (Å²) in [7, 11) is 1.59. The van der Waals surface area contributed by atoms with Crippen LogP contribution in [0.2, 0.25) is 0 Å². The zero-order valence-corrected chi connectivity index (χ0v) is 15.5. The number of urea groups is 1. The highest BCUT2D eigenvalue weighted by Gasteiger charge is 2.06. The van der Waals surface area contributed by atoms with Gasteiger partial charge in [-0.3, -0.25) is 15.6 Å². The lowest BCUT2D eigenvalue weighted by Crippen LogP contribution is -2.47. The minimum Gasteiger partial charge on any atom is -0.383 e. The molecule has 9 heteroatoms. The molecule has 0 aliphatic rings. The summed E-state index contributed by atoms with van der Waals surface area (Å²) in [6.07, 6.45) is 0. The molecule has 8 nitrogen and oxygen atoms in total. The second-order valence-corrected chi connectivity index (χ2v) is 5.91. The van der Waals surface area contributed by atoms with Crippen LogP contribution in [0.15, 0.2) is 24.3 Å². The van der Waals surface area contributed by atoms with Gasteiger partial charge < -0.3 is 20.7 Å². The van der Waals surface area contributed by atoms with E-state index in [0.29, 0.717) is 30.4 Å². The molecule has 138 valence electrons. The van der Waals surface area contributed by atoms with Gasteiger partial charge in [0, 0.05) is 31.8 Å². The first-order valence-electron chi connectivity index (χ1n) is 7.88. The molecule has 3 amide bonds. The largest absolute Gasteiger partial charge is 0.383 e. The lowest BCUT2D eigenvalue weighted by molar-refractivity contribution is 0.0943. The van der Waals surface area contributed by atoms with Gasteiger partial charge in [0.05, 0.1) is 6.61 Å². The summed E-state index contributed by atoms with van der Waals surface area (Å²) >= 11 is 5.01. The normalized spacial score (nSPS) is 10.1. The summed E-state index contributed by atoms with van der Waals surface area (Å²) in [5.74, 6) is -0.312. The van der Waals surface area contributed by atoms with Crippen molar-refractivity contribution in [2.24, 2.45) is 0 Å². The molecule has 5 N–H and O–H groups in total. The minimum absolute atomic E-state index is 0.0774. The van der Waals surface area contributed by atoms with E-state index in [9.17, 15) is 9.59 Å². The lowest BCUT2D eigenvalue weighted by Gasteiger charge is -2.12. The number of thiocarbonyl (C=S) groups is 1. The van der Waals surface area contributed by atoms with E-state index in [2.05, 4.69) is 26.8 Å². The summed E-state index contributed by atoms with van der Waals surface area (Å²) in [5.41, 5.74) is 6.48. The number of methoxy groups -OCH3 is 1. The number of rotatable bonds is 7. The Labute approximate surface area is 153 Å². The molecule has 0 aromatic heterocycles. The highest BCUT2D eigenvalue weighted by Crippen LogP contribution is 2.04. The summed E-state index contributed by atoms with van der Waals surface area (Å²) in [5, 5.41) is 8.67. The molecule has 0 saturated heterocycles. The number of hydrogen-bond acceptors (Lipinski definition) is 4. The van der Waals surface area contributed by atoms with Gasteiger partial charge in [-0.1, -0.05) is 12.1 Å². The van der Waals surface area contributed by atoms with Gasteiger partial charge in [0.2, 0.25) is 0 Å². The van der Waals surface area contributed by atoms with Crippen molar-refractivity contribution in [2.75, 3.05) is 20.3 Å². The molecule has 0 atom stereocenters. The molecule has 1 aromatic rings. The maximum absolute atomic E-state index is 12.0. The van der Waals surface area contributed by atoms with Crippen molar-refractivity contribution >= 4 is 29.3 Å². The van der Waals surface area contributed by atoms with Gasteiger partial charge in [0.1, 0.15) is 0 Å². The number of amides is 3. The topological polar surface area (TPSA) is 104 Å². The number of hydrazine groups is 1. The van der Waals surface area contributed by atoms with Gasteiger partial charge in [-0.05, 0) is 43.8 Å². The van der Waals surface area contributed by atoms with Crippen molar-refractivity contribution < 1.29 is 14.3 Å². The molecule has 0 aliphatic carbocycles. The molecule has 0 heterocycles. The van der Waals surface area contributed by atoms with E-state index < -0.39 is 0 Å². The third-order valence-corrected chi connectivity index (χ3v) is 3.22. The Hall–Kier alpha value is -2.39. The molecule has 0 radical (unpaired) electrons. The maximum Gasteiger partial charge on any atom is 0.315 e. The van der Waals surface area contributed by atoms with E-state index in [1.54, 1.807) is 31.4 Å². The Morgan fingerprint density at radius 3 is 2.40 bits per heavy atom. The fourth-order valence-corrected chi connectivity index (χ4v) is 1.92. The minimum atomic E-state index is -0.312. The highest BCUT2D eigenvalue weighted by molar-refractivity contribution is 7.80. The monoisotopic (exact) mass is 367 g/mol. The molecule has 1 aromatic carbocycles. The lowest BCUT2D eigenvalue weighted by atomic mass is 10.1. The zero-order valence-electron chi connectivity index (χ0n) is 14.6. The van der Waals surface area contributed by atoms with Gasteiger partial charge in [-0.2, -0.15) is 0 Å². The second kappa shape index (κ2) is 11.2. The van der Waals surface area contributed by atoms with Crippen LogP contribution in [0.5, 0.6) is 0 Å². The average Bonchev–Trinajstić information content (AvgIpc) is 2.58. The molecule has 0 aliphatic heterocycles. The van der Waals surface area contributed by atoms with Crippen molar-refractivity contribution in [3.05, 3.63) is 35.4 Å². The molecule has 0 spiro atoms. The molecule has 25 heavy (non-hydrogen) atoms. The number of carbonyl (C=O) groups excluding carboxylic acids is 2. The van der Waals surface area contributed by atoms with Crippen molar-refractivity contribution in [2.45, 2.75) is 26.4 Å².